The lowest BCUT2D eigenvalue weighted by atomic mass is 10.2. The summed E-state index contributed by atoms with van der Waals surface area (Å²) in [4.78, 5) is 0. The molecule has 0 N–H and O–H groups in total. The Hall–Kier alpha value is -1.05. The topological polar surface area (TPSA) is 0 Å². The molecule has 2 aliphatic rings. The van der Waals surface area contributed by atoms with E-state index in [2.05, 4.69) is 35.8 Å². The van der Waals surface area contributed by atoms with Crippen LogP contribution in [0.5, 0.6) is 0 Å². The highest BCUT2D eigenvalue weighted by Gasteiger charge is 1.97. The summed E-state index contributed by atoms with van der Waals surface area (Å²) in [6.45, 7) is 0. The van der Waals surface area contributed by atoms with E-state index in [1.807, 2.05) is 12.2 Å². The Kier molecular flexibility index (Phi) is 4.01. The number of allylic oxidation sites excluding steroid dienone is 6. The lowest BCUT2D eigenvalue weighted by Gasteiger charge is -2.00. The summed E-state index contributed by atoms with van der Waals surface area (Å²) in [6.07, 6.45) is 17.4. The van der Waals surface area contributed by atoms with Gasteiger partial charge in [0.1, 0.15) is 0 Å². The summed E-state index contributed by atoms with van der Waals surface area (Å²) >= 11 is 0. The van der Waals surface area contributed by atoms with Gasteiger partial charge in [-0.2, -0.15) is 0 Å². The molecular weight excluding hydrogens is 199 g/mol. The highest BCUT2D eigenvalue weighted by atomic mass is 31.1. The van der Waals surface area contributed by atoms with Gasteiger partial charge in [0.15, 0.2) is 0 Å². The second-order valence-electron chi connectivity index (χ2n) is 3.64. The van der Waals surface area contributed by atoms with Crippen LogP contribution in [0.25, 0.3) is 0 Å². The lowest BCUT2D eigenvalue weighted by molar-refractivity contribution is 1.13. The van der Waals surface area contributed by atoms with Crippen molar-refractivity contribution in [2.75, 3.05) is 12.3 Å². The van der Waals surface area contributed by atoms with Crippen LogP contribution in [0.15, 0.2) is 59.1 Å². The van der Waals surface area contributed by atoms with Gasteiger partial charge in [0.05, 0.1) is 0 Å². The van der Waals surface area contributed by atoms with Crippen molar-refractivity contribution in [3.05, 3.63) is 59.1 Å². The first kappa shape index (κ1) is 10.5. The molecule has 0 amide bonds. The van der Waals surface area contributed by atoms with E-state index in [9.17, 15) is 0 Å². The van der Waals surface area contributed by atoms with Crippen molar-refractivity contribution in [3.8, 4) is 0 Å². The van der Waals surface area contributed by atoms with Crippen LogP contribution in [-0.2, 0) is 0 Å². The van der Waals surface area contributed by atoms with Crippen LogP contribution in [0.1, 0.15) is 12.8 Å². The standard InChI is InChI=1S/C14H15P/c1-2-6-13(5-1)9-11-15-12-10-14-7-3-4-8-14/h1-5,7,15H,9-12H2. The predicted molar refractivity (Wildman–Crippen MR) is 68.8 cm³/mol. The van der Waals surface area contributed by atoms with E-state index in [0.717, 1.165) is 8.58 Å². The molecule has 0 spiro atoms. The van der Waals surface area contributed by atoms with Gasteiger partial charge in [-0.05, 0) is 48.5 Å². The van der Waals surface area contributed by atoms with Crippen molar-refractivity contribution in [2.45, 2.75) is 12.8 Å². The van der Waals surface area contributed by atoms with Crippen molar-refractivity contribution >= 4 is 8.58 Å². The van der Waals surface area contributed by atoms with Crippen LogP contribution in [0.2, 0.25) is 0 Å². The van der Waals surface area contributed by atoms with Gasteiger partial charge in [0.25, 0.3) is 0 Å². The molecule has 2 rings (SSSR count). The van der Waals surface area contributed by atoms with Crippen molar-refractivity contribution in [1.29, 1.82) is 0 Å². The fourth-order valence-corrected chi connectivity index (χ4v) is 2.76. The zero-order valence-electron chi connectivity index (χ0n) is 8.79. The zero-order chi connectivity index (χ0) is 10.3. The fourth-order valence-electron chi connectivity index (χ4n) is 1.62. The number of rotatable bonds is 6. The van der Waals surface area contributed by atoms with Gasteiger partial charge >= 0.3 is 0 Å². The van der Waals surface area contributed by atoms with Crippen LogP contribution < -0.4 is 0 Å². The third kappa shape index (κ3) is 3.54. The number of hydrogen-bond donors (Lipinski definition) is 0. The molecule has 0 atom stereocenters. The molecule has 1 heteroatoms. The Morgan fingerprint density at radius 3 is 1.80 bits per heavy atom. The molecular formula is C14H15P. The largest absolute Gasteiger partial charge is 0.121 e. The minimum atomic E-state index is 1.07. The predicted octanol–water partition coefficient (Wildman–Crippen LogP) is 3.75. The molecule has 0 unspecified atom stereocenters. The van der Waals surface area contributed by atoms with Gasteiger partial charge in [-0.15, -0.1) is 20.0 Å². The van der Waals surface area contributed by atoms with Crippen molar-refractivity contribution < 1.29 is 0 Å². The van der Waals surface area contributed by atoms with E-state index < -0.39 is 0 Å². The van der Waals surface area contributed by atoms with Crippen LogP contribution in [0.3, 0.4) is 0 Å². The van der Waals surface area contributed by atoms with Crippen molar-refractivity contribution in [1.82, 2.24) is 0 Å². The Bertz CT molecular complexity index is 369. The smallest absolute Gasteiger partial charge is 0.00567 e. The summed E-state index contributed by atoms with van der Waals surface area (Å²) in [7, 11) is 1.07. The molecule has 0 saturated carbocycles. The van der Waals surface area contributed by atoms with E-state index in [4.69, 9.17) is 0 Å². The quantitative estimate of drug-likeness (QED) is 0.359. The lowest BCUT2D eigenvalue weighted by Crippen LogP contribution is -1.84. The molecule has 2 aliphatic carbocycles. The molecule has 0 aromatic heterocycles. The first-order valence-electron chi connectivity index (χ1n) is 5.40. The number of hydrogen-bond acceptors (Lipinski definition) is 0. The molecule has 0 aromatic carbocycles. The first-order chi connectivity index (χ1) is 7.45. The maximum absolute atomic E-state index is 3.24. The molecule has 0 bridgehead atoms. The Labute approximate surface area is 93.2 Å². The van der Waals surface area contributed by atoms with E-state index in [1.54, 1.807) is 0 Å². The average Bonchev–Trinajstić information content (AvgIpc) is 2.88. The van der Waals surface area contributed by atoms with Crippen LogP contribution in [0.4, 0.5) is 0 Å². The second-order valence-corrected chi connectivity index (χ2v) is 5.14. The average molecular weight is 214 g/mol. The Morgan fingerprint density at radius 2 is 1.40 bits per heavy atom. The molecule has 0 heterocycles. The van der Waals surface area contributed by atoms with Gasteiger partial charge in [-0.3, -0.25) is 0 Å². The van der Waals surface area contributed by atoms with Gasteiger partial charge in [-0.1, -0.05) is 24.3 Å². The summed E-state index contributed by atoms with van der Waals surface area (Å²) in [5.41, 5.74) is 9.21. The molecule has 15 heavy (non-hydrogen) atoms. The van der Waals surface area contributed by atoms with Gasteiger partial charge in [0.2, 0.25) is 0 Å². The molecule has 0 aromatic rings. The summed E-state index contributed by atoms with van der Waals surface area (Å²) in [5.74, 6) is 0. The minimum Gasteiger partial charge on any atom is -0.121 e. The molecule has 0 saturated heterocycles. The molecule has 0 nitrogen and oxygen atoms in total. The molecule has 0 radical (unpaired) electrons. The van der Waals surface area contributed by atoms with Crippen molar-refractivity contribution in [2.24, 2.45) is 0 Å². The summed E-state index contributed by atoms with van der Waals surface area (Å²) in [5, 5.41) is 0. The minimum absolute atomic E-state index is 1.07. The van der Waals surface area contributed by atoms with Crippen LogP contribution in [-0.4, -0.2) is 12.3 Å². The Morgan fingerprint density at radius 1 is 0.867 bits per heavy atom. The van der Waals surface area contributed by atoms with Crippen LogP contribution >= 0.6 is 8.58 Å². The highest BCUT2D eigenvalue weighted by molar-refractivity contribution is 7.37. The normalized spacial score (nSPS) is 16.3. The zero-order valence-corrected chi connectivity index (χ0v) is 9.79. The third-order valence-electron chi connectivity index (χ3n) is 2.47. The van der Waals surface area contributed by atoms with Gasteiger partial charge < -0.3 is 0 Å². The molecule has 0 fully saturated rings. The first-order valence-corrected chi connectivity index (χ1v) is 6.82. The SMILES string of the molecule is C1=CC=CC=1CCPCCC1=C=CC=C1. The van der Waals surface area contributed by atoms with E-state index in [1.165, 1.54) is 36.3 Å². The highest BCUT2D eigenvalue weighted by Crippen LogP contribution is 2.20. The second kappa shape index (κ2) is 5.74. The van der Waals surface area contributed by atoms with E-state index in [-0.39, 0.29) is 0 Å². The Balaban J connectivity index is 1.56. The van der Waals surface area contributed by atoms with Gasteiger partial charge in [-0.25, -0.2) is 0 Å². The van der Waals surface area contributed by atoms with Crippen LogP contribution in [0, 0.1) is 0 Å². The maximum atomic E-state index is 3.24. The summed E-state index contributed by atoms with van der Waals surface area (Å²) in [6, 6.07) is 0. The fraction of sp³-hybridized carbons (Fsp3) is 0.286. The van der Waals surface area contributed by atoms with Gasteiger partial charge in [0, 0.05) is 0 Å². The van der Waals surface area contributed by atoms with Crippen molar-refractivity contribution in [3.63, 3.8) is 0 Å². The molecule has 76 valence electrons. The third-order valence-corrected chi connectivity index (χ3v) is 3.67. The summed E-state index contributed by atoms with van der Waals surface area (Å²) < 4.78 is 0. The maximum Gasteiger partial charge on any atom is -0.00567 e. The molecule has 0 aliphatic heterocycles. The van der Waals surface area contributed by atoms with E-state index >= 15 is 0 Å². The monoisotopic (exact) mass is 214 g/mol. The van der Waals surface area contributed by atoms with E-state index in [0.29, 0.717) is 0 Å².